The van der Waals surface area contributed by atoms with Gasteiger partial charge in [0.15, 0.2) is 39.6 Å². The Kier molecular flexibility index (Phi) is 18.2. The molecule has 0 radical (unpaired) electrons. The normalized spacial score (nSPS) is 11.3. The van der Waals surface area contributed by atoms with Crippen LogP contribution in [0.4, 0.5) is 0 Å². The van der Waals surface area contributed by atoms with Crippen molar-refractivity contribution in [3.8, 4) is 34.5 Å². The number of hydrogen-bond acceptors (Lipinski definition) is 21. The molecule has 0 saturated carbocycles. The van der Waals surface area contributed by atoms with E-state index in [1.807, 2.05) is 146 Å². The number of rotatable bonds is 14. The van der Waals surface area contributed by atoms with Gasteiger partial charge in [-0.2, -0.15) is 0 Å². The number of methoxy groups -OCH3 is 1. The van der Waals surface area contributed by atoms with Gasteiger partial charge in [-0.05, 0) is 119 Å². The smallest absolute Gasteiger partial charge is 0.354 e. The summed E-state index contributed by atoms with van der Waals surface area (Å²) in [6.45, 7) is 0.886. The highest BCUT2D eigenvalue weighted by molar-refractivity contribution is 7.99. The zero-order valence-corrected chi connectivity index (χ0v) is 56.3. The van der Waals surface area contributed by atoms with Crippen LogP contribution in [0, 0.1) is 0 Å². The number of pyridine rings is 3. The zero-order chi connectivity index (χ0) is 70.8. The molecule has 0 aliphatic carbocycles. The van der Waals surface area contributed by atoms with E-state index in [9.17, 15) is 44.1 Å². The first-order valence-electron chi connectivity index (χ1n) is 31.7. The Morgan fingerprint density at radius 1 is 0.388 bits per heavy atom. The lowest BCUT2D eigenvalue weighted by Gasteiger charge is -2.14. The number of hydrogen-bond donors (Lipinski definition) is 3. The molecular formula is C79H52N6O15S3. The first-order chi connectivity index (χ1) is 50.3. The molecule has 17 aromatic rings. The number of ether oxygens (including phenoxy) is 1. The summed E-state index contributed by atoms with van der Waals surface area (Å²) in [6, 6.07) is 73.5. The topological polar surface area (TPSA) is 291 Å². The molecule has 0 fully saturated rings. The van der Waals surface area contributed by atoms with Gasteiger partial charge in [-0.25, -0.2) is 19.4 Å². The second-order valence-electron chi connectivity index (χ2n) is 23.2. The highest BCUT2D eigenvalue weighted by Crippen LogP contribution is 2.42. The molecule has 24 heteroatoms. The third-order valence-electron chi connectivity index (χ3n) is 16.8. The van der Waals surface area contributed by atoms with Crippen molar-refractivity contribution in [1.29, 1.82) is 0 Å². The molecular weight excluding hydrogens is 1370 g/mol. The van der Waals surface area contributed by atoms with E-state index in [4.69, 9.17) is 26.8 Å². The highest BCUT2D eigenvalue weighted by Gasteiger charge is 2.28. The number of benzene rings is 9. The summed E-state index contributed by atoms with van der Waals surface area (Å²) >= 11 is 2.60. The number of nitrogens with zero attached hydrogens (tertiary/aromatic N) is 6. The van der Waals surface area contributed by atoms with E-state index < -0.39 is 45.1 Å². The predicted molar refractivity (Wildman–Crippen MR) is 393 cm³/mol. The summed E-state index contributed by atoms with van der Waals surface area (Å²) in [4.78, 5) is 84.1. The summed E-state index contributed by atoms with van der Waals surface area (Å²) in [7, 11) is 1.55. The van der Waals surface area contributed by atoms with Gasteiger partial charge < -0.3 is 55.8 Å². The first-order valence-corrected chi connectivity index (χ1v) is 34.2. The third-order valence-corrected chi connectivity index (χ3v) is 19.6. The standard InChI is InChI=1S/C27H17N3O5S.C26H16N2O5S.C26H19NO5S/c31-21-20-22(18-13-7-8-14-19(18)30(25(20)32)15-16-9-3-1-4-10-16)34-26(33)23(21)36-27-29-28-24(35-27)17-11-5-2-6-12-17;29-21-20-22(33-25(31)23(21)34-26-27-17-11-5-7-13-19(17)32-26)16-10-4-6-12-18(16)28(24(20)30)14-15-8-2-1-3-9-15;1-31-17-10-7-11-18(14-17)33-24-22(28)21-23(32-26(24)30)19-12-5-6-13-20(19)27(25(21)29)15-16-8-3-2-4-9-16/h1-14,31H,15H2;1-13,29H,14H2;2-14,28H,15H2,1H3. The summed E-state index contributed by atoms with van der Waals surface area (Å²) in [5.74, 6) is -0.439. The Morgan fingerprint density at radius 2 is 0.777 bits per heavy atom. The van der Waals surface area contributed by atoms with Crippen molar-refractivity contribution in [2.24, 2.45) is 0 Å². The minimum atomic E-state index is -0.810. The van der Waals surface area contributed by atoms with Crippen molar-refractivity contribution < 1.29 is 42.1 Å². The molecule has 0 aliphatic rings. The molecule has 506 valence electrons. The number of aromatic hydroxyl groups is 3. The van der Waals surface area contributed by atoms with E-state index in [0.29, 0.717) is 73.1 Å². The molecule has 21 nitrogen and oxygen atoms in total. The molecule has 17 rings (SSSR count). The van der Waals surface area contributed by atoms with Crippen LogP contribution in [0.15, 0.2) is 324 Å². The van der Waals surface area contributed by atoms with Crippen LogP contribution in [-0.4, -0.2) is 51.3 Å². The van der Waals surface area contributed by atoms with Crippen molar-refractivity contribution in [1.82, 2.24) is 28.9 Å². The lowest BCUT2D eigenvalue weighted by atomic mass is 10.1. The van der Waals surface area contributed by atoms with Crippen molar-refractivity contribution in [2.75, 3.05) is 7.11 Å². The van der Waals surface area contributed by atoms with Crippen LogP contribution in [0.25, 0.3) is 88.2 Å². The fourth-order valence-electron chi connectivity index (χ4n) is 12.0. The van der Waals surface area contributed by atoms with Gasteiger partial charge in [-0.3, -0.25) is 14.4 Å². The molecule has 0 bridgehead atoms. The average molecular weight is 1420 g/mol. The maximum atomic E-state index is 13.7. The predicted octanol–water partition coefficient (Wildman–Crippen LogP) is 15.2. The molecule has 0 amide bonds. The van der Waals surface area contributed by atoms with Gasteiger partial charge in [-0.15, -0.1) is 10.2 Å². The largest absolute Gasteiger partial charge is 0.505 e. The molecule has 8 aromatic heterocycles. The van der Waals surface area contributed by atoms with E-state index in [1.54, 1.807) is 118 Å². The van der Waals surface area contributed by atoms with Crippen LogP contribution >= 0.6 is 35.3 Å². The zero-order valence-electron chi connectivity index (χ0n) is 53.9. The molecule has 0 aliphatic heterocycles. The van der Waals surface area contributed by atoms with Crippen LogP contribution in [0.1, 0.15) is 16.7 Å². The van der Waals surface area contributed by atoms with E-state index in [0.717, 1.165) is 52.0 Å². The Balaban J connectivity index is 0.000000125. The fraction of sp³-hybridized carbons (Fsp3) is 0.0506. The third kappa shape index (κ3) is 13.0. The minimum Gasteiger partial charge on any atom is -0.505 e. The second kappa shape index (κ2) is 28.4. The molecule has 0 unspecified atom stereocenters. The Bertz CT molecular complexity index is 6480. The minimum absolute atomic E-state index is 0.0189. The molecule has 9 aromatic carbocycles. The number of aromatic nitrogens is 6. The SMILES string of the molecule is COc1cccc(Sc2c(O)c3c(=O)n(Cc4ccccc4)c4ccccc4c3oc2=O)c1.O=c1oc2c(c(O)c1Sc1nc3ccccc3o1)c(=O)n(Cc1ccccc1)c1ccccc21.O=c1oc2c(c(O)c1Sc1nnc(-c3ccccc3)o1)c(=O)n(Cc1ccccc1)c1ccccc21. The molecule has 0 saturated heterocycles. The molecule has 103 heavy (non-hydrogen) atoms. The van der Waals surface area contributed by atoms with Gasteiger partial charge >= 0.3 is 16.9 Å². The van der Waals surface area contributed by atoms with E-state index >= 15 is 0 Å². The highest BCUT2D eigenvalue weighted by atomic mass is 32.2. The molecule has 3 N–H and O–H groups in total. The van der Waals surface area contributed by atoms with Crippen LogP contribution in [-0.2, 0) is 19.6 Å². The van der Waals surface area contributed by atoms with E-state index in [1.165, 1.54) is 0 Å². The number of para-hydroxylation sites is 5. The van der Waals surface area contributed by atoms with Crippen LogP contribution < -0.4 is 38.3 Å². The van der Waals surface area contributed by atoms with Gasteiger partial charge in [0.2, 0.25) is 5.89 Å². The van der Waals surface area contributed by atoms with Crippen molar-refractivity contribution in [3.63, 3.8) is 0 Å². The maximum Gasteiger partial charge on any atom is 0.354 e. The van der Waals surface area contributed by atoms with Gasteiger partial charge in [0.25, 0.3) is 27.1 Å². The quantitative estimate of drug-likeness (QED) is 0.0852. The Hall–Kier alpha value is -12.9. The molecule has 0 atom stereocenters. The number of fused-ring (bicyclic) bond motifs is 10. The molecule has 0 spiro atoms. The van der Waals surface area contributed by atoms with Gasteiger partial charge in [0, 0.05) is 26.6 Å². The summed E-state index contributed by atoms with van der Waals surface area (Å²) in [5.41, 5.74) is 2.95. The van der Waals surface area contributed by atoms with Crippen LogP contribution in [0.2, 0.25) is 0 Å². The van der Waals surface area contributed by atoms with Gasteiger partial charge in [-0.1, -0.05) is 176 Å². The monoisotopic (exact) mass is 1420 g/mol. The summed E-state index contributed by atoms with van der Waals surface area (Å²) in [5, 5.41) is 43.1. The fourth-order valence-corrected chi connectivity index (χ4v) is 14.3. The van der Waals surface area contributed by atoms with Crippen LogP contribution in [0.5, 0.6) is 23.0 Å². The first kappa shape index (κ1) is 66.0. The lowest BCUT2D eigenvalue weighted by molar-refractivity contribution is 0.413. The van der Waals surface area contributed by atoms with Crippen LogP contribution in [0.3, 0.4) is 0 Å². The number of oxazole rings is 1. The lowest BCUT2D eigenvalue weighted by Crippen LogP contribution is -2.22. The van der Waals surface area contributed by atoms with E-state index in [2.05, 4.69) is 15.2 Å². The van der Waals surface area contributed by atoms with Gasteiger partial charge in [0.1, 0.15) is 42.1 Å². The average Bonchev–Trinajstić information content (AvgIpc) is 1.24. The maximum absolute atomic E-state index is 13.7. The summed E-state index contributed by atoms with van der Waals surface area (Å²) < 4.78 is 38.1. The Labute approximate surface area is 592 Å². The Morgan fingerprint density at radius 3 is 1.21 bits per heavy atom. The second-order valence-corrected chi connectivity index (χ2v) is 26.2. The van der Waals surface area contributed by atoms with Gasteiger partial charge in [0.05, 0.1) is 43.3 Å². The molecule has 8 heterocycles. The van der Waals surface area contributed by atoms with E-state index in [-0.39, 0.29) is 76.2 Å². The van der Waals surface area contributed by atoms with Crippen molar-refractivity contribution in [2.45, 2.75) is 49.7 Å². The van der Waals surface area contributed by atoms with Crippen molar-refractivity contribution >= 4 is 112 Å². The summed E-state index contributed by atoms with van der Waals surface area (Å²) in [6.07, 6.45) is 0. The van der Waals surface area contributed by atoms with Crippen molar-refractivity contribution in [3.05, 3.63) is 322 Å².